The lowest BCUT2D eigenvalue weighted by atomic mass is 9.87. The number of amides is 2. The highest BCUT2D eigenvalue weighted by molar-refractivity contribution is 6.27. The molecule has 1 fully saturated rings. The van der Waals surface area contributed by atoms with Gasteiger partial charge in [0.25, 0.3) is 0 Å². The lowest BCUT2D eigenvalue weighted by molar-refractivity contribution is -0.140. The Morgan fingerprint density at radius 2 is 1.79 bits per heavy atom. The number of nitrogens with one attached hydrogen (secondary N) is 1. The molecule has 0 unspecified atom stereocenters. The molecule has 6 nitrogen and oxygen atoms in total. The molecule has 1 aliphatic carbocycles. The highest BCUT2D eigenvalue weighted by Crippen LogP contribution is 2.34. The average Bonchev–Trinajstić information content (AvgIpc) is 3.29. The summed E-state index contributed by atoms with van der Waals surface area (Å²) in [5.74, 6) is 0.488. The second-order valence-corrected chi connectivity index (χ2v) is 9.03. The molecule has 0 saturated heterocycles. The lowest BCUT2D eigenvalue weighted by Gasteiger charge is -2.34. The summed E-state index contributed by atoms with van der Waals surface area (Å²) >= 11 is 5.95. The molecule has 0 spiro atoms. The second-order valence-electron chi connectivity index (χ2n) is 8.76. The number of benzene rings is 2. The summed E-state index contributed by atoms with van der Waals surface area (Å²) in [7, 11) is 0. The van der Waals surface area contributed by atoms with Crippen molar-refractivity contribution in [2.45, 2.75) is 51.2 Å². The van der Waals surface area contributed by atoms with Crippen molar-refractivity contribution in [3.8, 4) is 11.5 Å². The molecule has 176 valence electrons. The van der Waals surface area contributed by atoms with Gasteiger partial charge < -0.3 is 19.7 Å². The first-order chi connectivity index (χ1) is 15.9. The van der Waals surface area contributed by atoms with Crippen LogP contribution >= 0.6 is 11.6 Å². The Morgan fingerprint density at radius 3 is 2.48 bits per heavy atom. The van der Waals surface area contributed by atoms with Gasteiger partial charge in [0, 0.05) is 12.6 Å². The van der Waals surface area contributed by atoms with Crippen LogP contribution in [0.4, 0.5) is 4.39 Å². The van der Waals surface area contributed by atoms with Crippen LogP contribution in [0.5, 0.6) is 11.5 Å². The normalized spacial score (nSPS) is 20.2. The summed E-state index contributed by atoms with van der Waals surface area (Å²) in [6.45, 7) is 2.49. The first kappa shape index (κ1) is 23.4. The van der Waals surface area contributed by atoms with Gasteiger partial charge in [-0.2, -0.15) is 0 Å². The molecule has 1 saturated carbocycles. The zero-order valence-corrected chi connectivity index (χ0v) is 19.3. The molecule has 1 aliphatic heterocycles. The van der Waals surface area contributed by atoms with Crippen LogP contribution in [0.2, 0.25) is 0 Å². The molecule has 2 aromatic rings. The van der Waals surface area contributed by atoms with E-state index in [0.717, 1.165) is 31.2 Å². The molecule has 33 heavy (non-hydrogen) atoms. The fraction of sp³-hybridized carbons (Fsp3) is 0.440. The zero-order valence-electron chi connectivity index (χ0n) is 18.6. The van der Waals surface area contributed by atoms with Crippen molar-refractivity contribution in [2.75, 3.05) is 12.7 Å². The Balaban J connectivity index is 1.63. The minimum absolute atomic E-state index is 0.0511. The monoisotopic (exact) mass is 474 g/mol. The van der Waals surface area contributed by atoms with E-state index in [2.05, 4.69) is 12.2 Å². The number of nitrogens with zero attached hydrogens (tertiary/aromatic N) is 1. The number of hydrogen-bond acceptors (Lipinski definition) is 4. The minimum atomic E-state index is -0.943. The molecular formula is C25H28ClFN2O4. The molecule has 1 N–H and O–H groups in total. The van der Waals surface area contributed by atoms with Crippen LogP contribution in [0.1, 0.15) is 49.8 Å². The summed E-state index contributed by atoms with van der Waals surface area (Å²) in [6.07, 6.45) is 3.89. The maximum Gasteiger partial charge on any atom is 0.247 e. The Bertz CT molecular complexity index is 992. The van der Waals surface area contributed by atoms with E-state index < -0.39 is 17.8 Å². The fourth-order valence-corrected chi connectivity index (χ4v) is 4.59. The van der Waals surface area contributed by atoms with Gasteiger partial charge in [-0.25, -0.2) is 4.39 Å². The zero-order chi connectivity index (χ0) is 23.4. The van der Waals surface area contributed by atoms with Crippen LogP contribution in [-0.2, 0) is 16.1 Å². The molecule has 0 radical (unpaired) electrons. The van der Waals surface area contributed by atoms with E-state index in [1.165, 1.54) is 29.2 Å². The molecule has 0 bridgehead atoms. The van der Waals surface area contributed by atoms with Crippen LogP contribution < -0.4 is 14.8 Å². The lowest BCUT2D eigenvalue weighted by Crippen LogP contribution is -2.47. The number of ether oxygens (including phenoxy) is 2. The first-order valence-corrected chi connectivity index (χ1v) is 11.8. The van der Waals surface area contributed by atoms with Crippen LogP contribution in [0.15, 0.2) is 42.5 Å². The smallest absolute Gasteiger partial charge is 0.247 e. The minimum Gasteiger partial charge on any atom is -0.454 e. The van der Waals surface area contributed by atoms with Crippen LogP contribution in [0.3, 0.4) is 0 Å². The van der Waals surface area contributed by atoms with E-state index in [-0.39, 0.29) is 31.2 Å². The summed E-state index contributed by atoms with van der Waals surface area (Å²) in [4.78, 5) is 27.9. The predicted octanol–water partition coefficient (Wildman–Crippen LogP) is 4.56. The van der Waals surface area contributed by atoms with Gasteiger partial charge in [-0.3, -0.25) is 9.59 Å². The number of carbonyl (C=O) groups excluding carboxylic acids is 2. The van der Waals surface area contributed by atoms with Crippen LogP contribution in [0, 0.1) is 11.7 Å². The van der Waals surface area contributed by atoms with E-state index in [4.69, 9.17) is 21.1 Å². The maximum atomic E-state index is 13.6. The number of rotatable bonds is 7. The highest BCUT2D eigenvalue weighted by atomic mass is 35.5. The van der Waals surface area contributed by atoms with Gasteiger partial charge in [0.1, 0.15) is 17.7 Å². The SMILES string of the molecule is CC1CCC(NC(=O)[C@H](c2ccc(F)cc2)N(Cc2ccc3c(c2)OCO3)C(=O)CCl)CC1. The van der Waals surface area contributed by atoms with Gasteiger partial charge in [-0.05, 0) is 67.0 Å². The van der Waals surface area contributed by atoms with E-state index in [0.29, 0.717) is 23.0 Å². The van der Waals surface area contributed by atoms with Crippen molar-refractivity contribution in [3.63, 3.8) is 0 Å². The number of hydrogen-bond donors (Lipinski definition) is 1. The van der Waals surface area contributed by atoms with E-state index in [1.54, 1.807) is 12.1 Å². The molecule has 2 amide bonds. The quantitative estimate of drug-likeness (QED) is 0.597. The summed E-state index contributed by atoms with van der Waals surface area (Å²) in [5, 5.41) is 3.13. The van der Waals surface area contributed by atoms with Gasteiger partial charge in [0.05, 0.1) is 0 Å². The van der Waals surface area contributed by atoms with Crippen molar-refractivity contribution in [3.05, 3.63) is 59.4 Å². The molecule has 1 atom stereocenters. The first-order valence-electron chi connectivity index (χ1n) is 11.2. The molecule has 2 aromatic carbocycles. The molecular weight excluding hydrogens is 447 g/mol. The molecule has 4 rings (SSSR count). The van der Waals surface area contributed by atoms with Gasteiger partial charge in [0.15, 0.2) is 11.5 Å². The fourth-order valence-electron chi connectivity index (χ4n) is 4.44. The number of fused-ring (bicyclic) bond motifs is 1. The second kappa shape index (κ2) is 10.4. The van der Waals surface area contributed by atoms with E-state index in [9.17, 15) is 14.0 Å². The summed E-state index contributed by atoms with van der Waals surface area (Å²) in [6, 6.07) is 10.2. The van der Waals surface area contributed by atoms with Crippen molar-refractivity contribution >= 4 is 23.4 Å². The molecule has 2 aliphatic rings. The largest absolute Gasteiger partial charge is 0.454 e. The summed E-state index contributed by atoms with van der Waals surface area (Å²) < 4.78 is 24.4. The maximum absolute atomic E-state index is 13.6. The third-order valence-corrected chi connectivity index (χ3v) is 6.56. The molecule has 8 heteroatoms. The summed E-state index contributed by atoms with van der Waals surface area (Å²) in [5.41, 5.74) is 1.29. The third-order valence-electron chi connectivity index (χ3n) is 6.33. The van der Waals surface area contributed by atoms with Crippen molar-refractivity contribution < 1.29 is 23.5 Å². The van der Waals surface area contributed by atoms with Gasteiger partial charge in [-0.15, -0.1) is 11.6 Å². The van der Waals surface area contributed by atoms with Gasteiger partial charge in [-0.1, -0.05) is 25.1 Å². The number of carbonyl (C=O) groups is 2. The predicted molar refractivity (Wildman–Crippen MR) is 123 cm³/mol. The van der Waals surface area contributed by atoms with Gasteiger partial charge in [0.2, 0.25) is 18.6 Å². The van der Waals surface area contributed by atoms with Gasteiger partial charge >= 0.3 is 0 Å². The highest BCUT2D eigenvalue weighted by Gasteiger charge is 2.33. The average molecular weight is 475 g/mol. The Kier molecular flexibility index (Phi) is 7.38. The number of halogens is 2. The third kappa shape index (κ3) is 5.58. The number of alkyl halides is 1. The van der Waals surface area contributed by atoms with Crippen molar-refractivity contribution in [1.82, 2.24) is 10.2 Å². The molecule has 0 aromatic heterocycles. The van der Waals surface area contributed by atoms with Crippen LogP contribution in [-0.4, -0.2) is 35.4 Å². The Morgan fingerprint density at radius 1 is 1.09 bits per heavy atom. The van der Waals surface area contributed by atoms with Crippen LogP contribution in [0.25, 0.3) is 0 Å². The Labute approximate surface area is 198 Å². The van der Waals surface area contributed by atoms with Crippen molar-refractivity contribution in [1.29, 1.82) is 0 Å². The topological polar surface area (TPSA) is 67.9 Å². The van der Waals surface area contributed by atoms with E-state index in [1.807, 2.05) is 6.07 Å². The van der Waals surface area contributed by atoms with Crippen molar-refractivity contribution in [2.24, 2.45) is 5.92 Å². The standard InChI is InChI=1S/C25H28ClFN2O4/c1-16-2-9-20(10-3-16)28-25(31)24(18-5-7-19(27)8-6-18)29(23(30)13-26)14-17-4-11-21-22(12-17)33-15-32-21/h4-8,11-12,16,20,24H,2-3,9-10,13-15H2,1H3,(H,28,31)/t16?,20?,24-/m0/s1. The van der Waals surface area contributed by atoms with E-state index >= 15 is 0 Å². The molecule has 1 heterocycles. The Hall–Kier alpha value is -2.80.